The lowest BCUT2D eigenvalue weighted by Gasteiger charge is -2.11. The molecule has 1 aliphatic rings. The van der Waals surface area contributed by atoms with Crippen molar-refractivity contribution in [1.82, 2.24) is 0 Å². The van der Waals surface area contributed by atoms with E-state index in [9.17, 15) is 13.6 Å². The molecule has 1 rings (SSSR count). The maximum Gasteiger partial charge on any atom is 0.320 e. The van der Waals surface area contributed by atoms with Crippen molar-refractivity contribution in [2.75, 3.05) is 6.61 Å². The van der Waals surface area contributed by atoms with Gasteiger partial charge >= 0.3 is 5.97 Å². The molecule has 0 aliphatic carbocycles. The predicted molar refractivity (Wildman–Crippen MR) is 39.5 cm³/mol. The largest absolute Gasteiger partial charge is 0.480 e. The van der Waals surface area contributed by atoms with Crippen molar-refractivity contribution < 1.29 is 23.4 Å². The van der Waals surface area contributed by atoms with Gasteiger partial charge in [0.05, 0.1) is 6.10 Å². The molecule has 76 valence electrons. The minimum atomic E-state index is -2.83. The number of halogens is 2. The lowest BCUT2D eigenvalue weighted by atomic mass is 10.1. The van der Waals surface area contributed by atoms with Crippen molar-refractivity contribution in [3.8, 4) is 0 Å². The minimum absolute atomic E-state index is 0.0646. The number of aliphatic carboxylic acids is 1. The summed E-state index contributed by atoms with van der Waals surface area (Å²) in [5, 5.41) is 8.40. The molecule has 0 aromatic carbocycles. The van der Waals surface area contributed by atoms with Crippen LogP contribution >= 0.6 is 0 Å². The van der Waals surface area contributed by atoms with Crippen molar-refractivity contribution in [2.45, 2.75) is 30.9 Å². The molecule has 3 N–H and O–H groups in total. The van der Waals surface area contributed by atoms with E-state index in [1.165, 1.54) is 0 Å². The van der Waals surface area contributed by atoms with Crippen LogP contribution < -0.4 is 5.73 Å². The van der Waals surface area contributed by atoms with Crippen LogP contribution in [0, 0.1) is 0 Å². The zero-order chi connectivity index (χ0) is 10.1. The molecule has 2 atom stereocenters. The van der Waals surface area contributed by atoms with Gasteiger partial charge in [-0.2, -0.15) is 0 Å². The number of rotatable bonds is 3. The third kappa shape index (κ3) is 2.89. The predicted octanol–water partition coefficient (Wildman–Crippen LogP) is 0.213. The van der Waals surface area contributed by atoms with Gasteiger partial charge in [0.2, 0.25) is 0 Å². The highest BCUT2D eigenvalue weighted by molar-refractivity contribution is 5.73. The maximum atomic E-state index is 12.5. The van der Waals surface area contributed by atoms with Crippen LogP contribution in [0.1, 0.15) is 12.8 Å². The lowest BCUT2D eigenvalue weighted by Crippen LogP contribution is -2.34. The van der Waals surface area contributed by atoms with Gasteiger partial charge in [0.1, 0.15) is 12.6 Å². The molecule has 4 nitrogen and oxygen atoms in total. The van der Waals surface area contributed by atoms with Crippen LogP contribution in [0.3, 0.4) is 0 Å². The number of hydrogen-bond donors (Lipinski definition) is 2. The van der Waals surface area contributed by atoms with Crippen molar-refractivity contribution in [1.29, 1.82) is 0 Å². The lowest BCUT2D eigenvalue weighted by molar-refractivity contribution is -0.139. The van der Waals surface area contributed by atoms with Gasteiger partial charge in [-0.15, -0.1) is 0 Å². The summed E-state index contributed by atoms with van der Waals surface area (Å²) in [4.78, 5) is 10.3. The van der Waals surface area contributed by atoms with Gasteiger partial charge in [-0.05, 0) is 6.42 Å². The van der Waals surface area contributed by atoms with Crippen LogP contribution in [0.15, 0.2) is 0 Å². The first-order chi connectivity index (χ1) is 5.91. The summed E-state index contributed by atoms with van der Waals surface area (Å²) < 4.78 is 29.8. The molecule has 1 saturated heterocycles. The zero-order valence-corrected chi connectivity index (χ0v) is 6.87. The molecule has 0 aromatic heterocycles. The van der Waals surface area contributed by atoms with E-state index in [1.807, 2.05) is 0 Å². The van der Waals surface area contributed by atoms with Crippen LogP contribution in [0.5, 0.6) is 0 Å². The van der Waals surface area contributed by atoms with Gasteiger partial charge in [-0.3, -0.25) is 4.79 Å². The fourth-order valence-electron chi connectivity index (χ4n) is 1.23. The van der Waals surface area contributed by atoms with Gasteiger partial charge in [0.25, 0.3) is 5.92 Å². The van der Waals surface area contributed by atoms with E-state index in [-0.39, 0.29) is 6.42 Å². The topological polar surface area (TPSA) is 72.5 Å². The van der Waals surface area contributed by atoms with Gasteiger partial charge in [-0.25, -0.2) is 8.78 Å². The first kappa shape index (κ1) is 10.3. The number of hydrogen-bond acceptors (Lipinski definition) is 3. The van der Waals surface area contributed by atoms with E-state index in [0.717, 1.165) is 0 Å². The molecular formula is C7H11F2NO3. The third-order valence-corrected chi connectivity index (χ3v) is 1.89. The summed E-state index contributed by atoms with van der Waals surface area (Å²) >= 11 is 0. The van der Waals surface area contributed by atoms with Crippen LogP contribution in [-0.2, 0) is 9.53 Å². The fraction of sp³-hybridized carbons (Fsp3) is 0.857. The average Bonchev–Trinajstić information content (AvgIpc) is 2.30. The van der Waals surface area contributed by atoms with Crippen LogP contribution in [0.2, 0.25) is 0 Å². The molecule has 1 fully saturated rings. The molecule has 1 unspecified atom stereocenters. The van der Waals surface area contributed by atoms with E-state index >= 15 is 0 Å². The zero-order valence-electron chi connectivity index (χ0n) is 6.87. The third-order valence-electron chi connectivity index (χ3n) is 1.89. The number of nitrogens with two attached hydrogens (primary N) is 1. The van der Waals surface area contributed by atoms with Gasteiger partial charge in [0, 0.05) is 6.42 Å². The summed E-state index contributed by atoms with van der Waals surface area (Å²) in [6.45, 7) is -0.635. The van der Waals surface area contributed by atoms with E-state index in [0.29, 0.717) is 0 Å². The fourth-order valence-corrected chi connectivity index (χ4v) is 1.23. The average molecular weight is 195 g/mol. The van der Waals surface area contributed by atoms with Crippen molar-refractivity contribution in [2.24, 2.45) is 5.73 Å². The van der Waals surface area contributed by atoms with E-state index < -0.39 is 37.1 Å². The minimum Gasteiger partial charge on any atom is -0.480 e. The number of carboxylic acids is 1. The molecule has 1 heterocycles. The van der Waals surface area contributed by atoms with Gasteiger partial charge in [0.15, 0.2) is 0 Å². The molecule has 0 saturated carbocycles. The normalized spacial score (nSPS) is 28.7. The van der Waals surface area contributed by atoms with Crippen molar-refractivity contribution >= 4 is 5.97 Å². The van der Waals surface area contributed by atoms with Gasteiger partial charge in [-0.1, -0.05) is 0 Å². The Balaban J connectivity index is 2.36. The Hall–Kier alpha value is -0.750. The van der Waals surface area contributed by atoms with E-state index in [4.69, 9.17) is 15.6 Å². The Kier molecular flexibility index (Phi) is 2.82. The summed E-state index contributed by atoms with van der Waals surface area (Å²) in [6, 6.07) is -1.13. The second-order valence-corrected chi connectivity index (χ2v) is 3.17. The van der Waals surface area contributed by atoms with Crippen LogP contribution in [0.25, 0.3) is 0 Å². The second kappa shape index (κ2) is 3.55. The smallest absolute Gasteiger partial charge is 0.320 e. The standard InChI is InChI=1S/C7H11F2NO3/c8-7(9)2-4(13-3-7)1-5(10)6(11)12/h4-5H,1-3,10H2,(H,11,12)/t4?,5-/m0/s1. The molecule has 13 heavy (non-hydrogen) atoms. The van der Waals surface area contributed by atoms with E-state index in [2.05, 4.69) is 0 Å². The Morgan fingerprint density at radius 1 is 1.77 bits per heavy atom. The highest BCUT2D eigenvalue weighted by atomic mass is 19.3. The second-order valence-electron chi connectivity index (χ2n) is 3.17. The van der Waals surface area contributed by atoms with Crippen molar-refractivity contribution in [3.63, 3.8) is 0 Å². The quantitative estimate of drug-likeness (QED) is 0.675. The SMILES string of the molecule is N[C@@H](CC1CC(F)(F)CO1)C(=O)O. The van der Waals surface area contributed by atoms with Gasteiger partial charge < -0.3 is 15.6 Å². The Bertz CT molecular complexity index is 210. The highest BCUT2D eigenvalue weighted by Gasteiger charge is 2.41. The highest BCUT2D eigenvalue weighted by Crippen LogP contribution is 2.31. The molecular weight excluding hydrogens is 184 g/mol. The van der Waals surface area contributed by atoms with Crippen LogP contribution in [-0.4, -0.2) is 35.8 Å². The maximum absolute atomic E-state index is 12.5. The summed E-state index contributed by atoms with van der Waals surface area (Å²) in [5.74, 6) is -4.03. The first-order valence-corrected chi connectivity index (χ1v) is 3.88. The Labute approximate surface area is 73.7 Å². The first-order valence-electron chi connectivity index (χ1n) is 3.88. The molecule has 1 aliphatic heterocycles. The number of carbonyl (C=O) groups is 1. The molecule has 0 amide bonds. The number of carboxylic acid groups (broad SMARTS) is 1. The summed E-state index contributed by atoms with van der Waals surface area (Å²) in [5.41, 5.74) is 5.16. The molecule has 6 heteroatoms. The molecule has 0 aromatic rings. The number of ether oxygens (including phenoxy) is 1. The summed E-state index contributed by atoms with van der Waals surface area (Å²) in [7, 11) is 0. The molecule has 0 spiro atoms. The monoisotopic (exact) mass is 195 g/mol. The Morgan fingerprint density at radius 2 is 2.38 bits per heavy atom. The summed E-state index contributed by atoms with van der Waals surface area (Å²) in [6.07, 6.45) is -1.24. The van der Waals surface area contributed by atoms with Crippen LogP contribution in [0.4, 0.5) is 8.78 Å². The number of alkyl halides is 2. The molecule has 0 radical (unpaired) electrons. The van der Waals surface area contributed by atoms with Crippen molar-refractivity contribution in [3.05, 3.63) is 0 Å². The Morgan fingerprint density at radius 3 is 2.77 bits per heavy atom. The molecule has 0 bridgehead atoms. The van der Waals surface area contributed by atoms with E-state index in [1.54, 1.807) is 0 Å².